The second-order valence-corrected chi connectivity index (χ2v) is 4.28. The van der Waals surface area contributed by atoms with Crippen LogP contribution in [-0.2, 0) is 13.0 Å². The van der Waals surface area contributed by atoms with Crippen molar-refractivity contribution in [1.29, 1.82) is 0 Å². The second kappa shape index (κ2) is 6.38. The highest BCUT2D eigenvalue weighted by Crippen LogP contribution is 2.14. The first-order valence-corrected chi connectivity index (χ1v) is 6.07. The zero-order valence-electron chi connectivity index (χ0n) is 9.57. The minimum absolute atomic E-state index is 0.810. The Bertz CT molecular complexity index is 457. The highest BCUT2D eigenvalue weighted by molar-refractivity contribution is 6.31. The van der Waals surface area contributed by atoms with Crippen LogP contribution >= 0.6 is 11.6 Å². The lowest BCUT2D eigenvalue weighted by Crippen LogP contribution is -2.16. The Kier molecular flexibility index (Phi) is 4.54. The molecule has 2 rings (SSSR count). The fraction of sp³-hybridized carbons (Fsp3) is 0.214. The van der Waals surface area contributed by atoms with Crippen LogP contribution in [0.5, 0.6) is 0 Å². The first-order chi connectivity index (χ1) is 8.36. The normalized spacial score (nSPS) is 10.4. The highest BCUT2D eigenvalue weighted by Gasteiger charge is 1.97. The molecule has 2 nitrogen and oxygen atoms in total. The molecule has 0 fully saturated rings. The number of aromatic nitrogens is 1. The van der Waals surface area contributed by atoms with E-state index in [-0.39, 0.29) is 0 Å². The largest absolute Gasteiger partial charge is 0.312 e. The van der Waals surface area contributed by atoms with Gasteiger partial charge in [0.1, 0.15) is 0 Å². The van der Waals surface area contributed by atoms with Gasteiger partial charge in [-0.25, -0.2) is 0 Å². The van der Waals surface area contributed by atoms with E-state index in [9.17, 15) is 0 Å². The Labute approximate surface area is 107 Å². The van der Waals surface area contributed by atoms with Crippen molar-refractivity contribution in [1.82, 2.24) is 10.3 Å². The number of nitrogens with zero attached hydrogens (tertiary/aromatic N) is 1. The molecular formula is C14H15ClN2. The van der Waals surface area contributed by atoms with Gasteiger partial charge in [-0.15, -0.1) is 0 Å². The molecule has 0 saturated carbocycles. The summed E-state index contributed by atoms with van der Waals surface area (Å²) in [5, 5.41) is 4.21. The summed E-state index contributed by atoms with van der Waals surface area (Å²) in [5.74, 6) is 0. The molecule has 0 aliphatic heterocycles. The standard InChI is InChI=1S/C14H15ClN2/c15-14-4-2-1-3-13(14)11-17-10-7-12-5-8-16-9-6-12/h1-6,8-9,17H,7,10-11H2. The van der Waals surface area contributed by atoms with Crippen LogP contribution in [0.4, 0.5) is 0 Å². The van der Waals surface area contributed by atoms with Gasteiger partial charge in [-0.3, -0.25) is 4.98 Å². The van der Waals surface area contributed by atoms with Gasteiger partial charge in [0.15, 0.2) is 0 Å². The van der Waals surface area contributed by atoms with E-state index in [0.717, 1.165) is 30.1 Å². The van der Waals surface area contributed by atoms with E-state index < -0.39 is 0 Å². The molecule has 2 aromatic rings. The Morgan fingerprint density at radius 1 is 1.06 bits per heavy atom. The molecule has 0 aliphatic carbocycles. The first kappa shape index (κ1) is 12.1. The van der Waals surface area contributed by atoms with E-state index in [2.05, 4.69) is 10.3 Å². The lowest BCUT2D eigenvalue weighted by Gasteiger charge is -2.06. The molecule has 1 aromatic heterocycles. The van der Waals surface area contributed by atoms with E-state index in [0.29, 0.717) is 0 Å². The Balaban J connectivity index is 1.76. The van der Waals surface area contributed by atoms with Crippen molar-refractivity contribution in [3.8, 4) is 0 Å². The Hall–Kier alpha value is -1.38. The van der Waals surface area contributed by atoms with Gasteiger partial charge in [-0.2, -0.15) is 0 Å². The summed E-state index contributed by atoms with van der Waals surface area (Å²) in [4.78, 5) is 3.99. The van der Waals surface area contributed by atoms with Crippen LogP contribution in [0.25, 0.3) is 0 Å². The molecule has 88 valence electrons. The minimum Gasteiger partial charge on any atom is -0.312 e. The van der Waals surface area contributed by atoms with Crippen molar-refractivity contribution in [3.63, 3.8) is 0 Å². The Morgan fingerprint density at radius 3 is 2.59 bits per heavy atom. The van der Waals surface area contributed by atoms with Crippen molar-refractivity contribution in [2.75, 3.05) is 6.54 Å². The molecule has 0 radical (unpaired) electrons. The zero-order valence-corrected chi connectivity index (χ0v) is 10.3. The van der Waals surface area contributed by atoms with E-state index in [1.54, 1.807) is 0 Å². The summed E-state index contributed by atoms with van der Waals surface area (Å²) in [6, 6.07) is 12.0. The maximum absolute atomic E-state index is 6.07. The van der Waals surface area contributed by atoms with Crippen molar-refractivity contribution < 1.29 is 0 Å². The number of hydrogen-bond donors (Lipinski definition) is 1. The van der Waals surface area contributed by atoms with Crippen LogP contribution in [0.3, 0.4) is 0 Å². The lowest BCUT2D eigenvalue weighted by molar-refractivity contribution is 0.687. The first-order valence-electron chi connectivity index (χ1n) is 5.69. The SMILES string of the molecule is Clc1ccccc1CNCCc1ccncc1. The van der Waals surface area contributed by atoms with Gasteiger partial charge in [0.2, 0.25) is 0 Å². The summed E-state index contributed by atoms with van der Waals surface area (Å²) >= 11 is 6.07. The van der Waals surface area contributed by atoms with Crippen molar-refractivity contribution >= 4 is 11.6 Å². The fourth-order valence-electron chi connectivity index (χ4n) is 1.65. The average molecular weight is 247 g/mol. The van der Waals surface area contributed by atoms with E-state index in [4.69, 9.17) is 11.6 Å². The summed E-state index contributed by atoms with van der Waals surface area (Å²) in [6.07, 6.45) is 4.65. The summed E-state index contributed by atoms with van der Waals surface area (Å²) in [7, 11) is 0. The van der Waals surface area contributed by atoms with Gasteiger partial charge in [-0.1, -0.05) is 29.8 Å². The summed E-state index contributed by atoms with van der Waals surface area (Å²) in [6.45, 7) is 1.75. The molecule has 0 atom stereocenters. The fourth-order valence-corrected chi connectivity index (χ4v) is 1.85. The average Bonchev–Trinajstić information content (AvgIpc) is 2.38. The molecule has 3 heteroatoms. The number of halogens is 1. The van der Waals surface area contributed by atoms with E-state index in [1.165, 1.54) is 5.56 Å². The second-order valence-electron chi connectivity index (χ2n) is 3.87. The smallest absolute Gasteiger partial charge is 0.0450 e. The van der Waals surface area contributed by atoms with Gasteiger partial charge < -0.3 is 5.32 Å². The van der Waals surface area contributed by atoms with Crippen LogP contribution in [0.1, 0.15) is 11.1 Å². The predicted molar refractivity (Wildman–Crippen MR) is 71.1 cm³/mol. The number of nitrogens with one attached hydrogen (secondary N) is 1. The van der Waals surface area contributed by atoms with E-state index in [1.807, 2.05) is 48.8 Å². The number of benzene rings is 1. The number of hydrogen-bond acceptors (Lipinski definition) is 2. The molecule has 0 spiro atoms. The molecule has 1 heterocycles. The molecule has 0 bridgehead atoms. The quantitative estimate of drug-likeness (QED) is 0.821. The maximum atomic E-state index is 6.07. The molecule has 1 aromatic carbocycles. The third kappa shape index (κ3) is 3.84. The molecule has 0 unspecified atom stereocenters. The minimum atomic E-state index is 0.810. The van der Waals surface area contributed by atoms with Crippen LogP contribution in [0.15, 0.2) is 48.8 Å². The zero-order chi connectivity index (χ0) is 11.9. The molecule has 1 N–H and O–H groups in total. The van der Waals surface area contributed by atoms with Crippen LogP contribution in [0.2, 0.25) is 5.02 Å². The molecule has 0 aliphatic rings. The topological polar surface area (TPSA) is 24.9 Å². The third-order valence-electron chi connectivity index (χ3n) is 2.61. The van der Waals surface area contributed by atoms with Crippen molar-refractivity contribution in [2.45, 2.75) is 13.0 Å². The molecule has 0 saturated heterocycles. The van der Waals surface area contributed by atoms with Gasteiger partial charge in [0, 0.05) is 24.0 Å². The maximum Gasteiger partial charge on any atom is 0.0450 e. The van der Waals surface area contributed by atoms with E-state index >= 15 is 0 Å². The highest BCUT2D eigenvalue weighted by atomic mass is 35.5. The third-order valence-corrected chi connectivity index (χ3v) is 2.98. The van der Waals surface area contributed by atoms with Gasteiger partial charge in [-0.05, 0) is 42.3 Å². The van der Waals surface area contributed by atoms with Crippen LogP contribution < -0.4 is 5.32 Å². The Morgan fingerprint density at radius 2 is 1.82 bits per heavy atom. The molecule has 17 heavy (non-hydrogen) atoms. The summed E-state index contributed by atoms with van der Waals surface area (Å²) in [5.41, 5.74) is 2.44. The monoisotopic (exact) mass is 246 g/mol. The lowest BCUT2D eigenvalue weighted by atomic mass is 10.2. The van der Waals surface area contributed by atoms with Crippen LogP contribution in [-0.4, -0.2) is 11.5 Å². The molecular weight excluding hydrogens is 232 g/mol. The number of rotatable bonds is 5. The van der Waals surface area contributed by atoms with Crippen LogP contribution in [0, 0.1) is 0 Å². The number of pyridine rings is 1. The van der Waals surface area contributed by atoms with Gasteiger partial charge in [0.25, 0.3) is 0 Å². The van der Waals surface area contributed by atoms with Gasteiger partial charge >= 0.3 is 0 Å². The predicted octanol–water partition coefficient (Wildman–Crippen LogP) is 3.07. The van der Waals surface area contributed by atoms with Crippen molar-refractivity contribution in [2.24, 2.45) is 0 Å². The van der Waals surface area contributed by atoms with Gasteiger partial charge in [0.05, 0.1) is 0 Å². The summed E-state index contributed by atoms with van der Waals surface area (Å²) < 4.78 is 0. The van der Waals surface area contributed by atoms with Crippen molar-refractivity contribution in [3.05, 3.63) is 64.9 Å². The molecule has 0 amide bonds.